The molecule has 0 aliphatic heterocycles. The fraction of sp³-hybridized carbons (Fsp3) is 0.182. The molecule has 0 fully saturated rings. The molecule has 17 heavy (non-hydrogen) atoms. The second kappa shape index (κ2) is 4.58. The molecule has 0 atom stereocenters. The Bertz CT molecular complexity index is 565. The van der Waals surface area contributed by atoms with E-state index in [2.05, 4.69) is 26.3 Å². The van der Waals surface area contributed by atoms with Gasteiger partial charge in [0, 0.05) is 16.5 Å². The van der Waals surface area contributed by atoms with Crippen molar-refractivity contribution in [3.05, 3.63) is 33.4 Å². The summed E-state index contributed by atoms with van der Waals surface area (Å²) in [7, 11) is 1.84. The van der Waals surface area contributed by atoms with Gasteiger partial charge in [0.25, 0.3) is 0 Å². The number of hydrogen-bond acceptors (Lipinski definition) is 3. The molecule has 2 rings (SSSR count). The van der Waals surface area contributed by atoms with E-state index in [-0.39, 0.29) is 0 Å². The van der Waals surface area contributed by atoms with E-state index in [1.165, 1.54) is 0 Å². The van der Waals surface area contributed by atoms with Crippen LogP contribution in [0.3, 0.4) is 0 Å². The zero-order valence-corrected chi connectivity index (χ0v) is 11.8. The van der Waals surface area contributed by atoms with Crippen LogP contribution in [0.15, 0.2) is 22.7 Å². The molecule has 0 saturated carbocycles. The number of benzene rings is 1. The first-order valence-electron chi connectivity index (χ1n) is 5.00. The van der Waals surface area contributed by atoms with E-state index >= 15 is 0 Å². The molecule has 1 heterocycles. The number of nitrogen functional groups attached to an aromatic ring is 1. The molecule has 1 aromatic heterocycles. The summed E-state index contributed by atoms with van der Waals surface area (Å²) in [5.41, 5.74) is 8.24. The summed E-state index contributed by atoms with van der Waals surface area (Å²) in [6.07, 6.45) is 0. The number of anilines is 3. The lowest BCUT2D eigenvalue weighted by molar-refractivity contribution is 0.765. The number of hydrogen-bond donors (Lipinski definition) is 2. The number of halogens is 2. The number of rotatable bonds is 2. The van der Waals surface area contributed by atoms with Crippen LogP contribution in [0.5, 0.6) is 0 Å². The number of aromatic nitrogens is 2. The zero-order chi connectivity index (χ0) is 12.6. The molecular weight excluding hydrogens is 304 g/mol. The van der Waals surface area contributed by atoms with Gasteiger partial charge in [-0.15, -0.1) is 0 Å². The van der Waals surface area contributed by atoms with Crippen molar-refractivity contribution in [2.45, 2.75) is 6.92 Å². The molecule has 1 aromatic carbocycles. The Morgan fingerprint density at radius 2 is 2.18 bits per heavy atom. The Morgan fingerprint density at radius 3 is 2.76 bits per heavy atom. The van der Waals surface area contributed by atoms with Crippen molar-refractivity contribution in [1.82, 2.24) is 9.78 Å². The molecule has 4 nitrogen and oxygen atoms in total. The van der Waals surface area contributed by atoms with Crippen molar-refractivity contribution in [3.63, 3.8) is 0 Å². The largest absolute Gasteiger partial charge is 0.394 e. The maximum Gasteiger partial charge on any atom is 0.152 e. The number of aryl methyl sites for hydroxylation is 2. The van der Waals surface area contributed by atoms with Crippen LogP contribution >= 0.6 is 27.5 Å². The highest BCUT2D eigenvalue weighted by Gasteiger charge is 2.11. The van der Waals surface area contributed by atoms with Gasteiger partial charge < -0.3 is 11.1 Å². The van der Waals surface area contributed by atoms with E-state index < -0.39 is 0 Å². The summed E-state index contributed by atoms with van der Waals surface area (Å²) in [5, 5.41) is 8.11. The fourth-order valence-corrected chi connectivity index (χ4v) is 2.06. The van der Waals surface area contributed by atoms with Gasteiger partial charge in [-0.3, -0.25) is 4.68 Å². The van der Waals surface area contributed by atoms with Crippen LogP contribution in [-0.2, 0) is 7.05 Å². The van der Waals surface area contributed by atoms with Crippen molar-refractivity contribution in [2.24, 2.45) is 7.05 Å². The maximum absolute atomic E-state index is 5.95. The van der Waals surface area contributed by atoms with Crippen LogP contribution in [0.25, 0.3) is 0 Å². The quantitative estimate of drug-likeness (QED) is 0.892. The molecule has 0 aliphatic carbocycles. The van der Waals surface area contributed by atoms with E-state index in [0.717, 1.165) is 21.7 Å². The molecule has 0 radical (unpaired) electrons. The van der Waals surface area contributed by atoms with Crippen molar-refractivity contribution in [3.8, 4) is 0 Å². The van der Waals surface area contributed by atoms with Crippen molar-refractivity contribution in [2.75, 3.05) is 11.1 Å². The van der Waals surface area contributed by atoms with Gasteiger partial charge in [-0.1, -0.05) is 11.6 Å². The van der Waals surface area contributed by atoms with Gasteiger partial charge in [-0.2, -0.15) is 5.10 Å². The predicted octanol–water partition coefficient (Wildman–Crippen LogP) is 3.47. The molecule has 0 aliphatic rings. The predicted molar refractivity (Wildman–Crippen MR) is 74.8 cm³/mol. The normalized spacial score (nSPS) is 10.6. The van der Waals surface area contributed by atoms with Crippen LogP contribution in [0.2, 0.25) is 5.02 Å². The lowest BCUT2D eigenvalue weighted by Gasteiger charge is -2.10. The summed E-state index contributed by atoms with van der Waals surface area (Å²) in [6, 6.07) is 5.52. The van der Waals surface area contributed by atoms with Crippen LogP contribution in [-0.4, -0.2) is 9.78 Å². The molecule has 90 valence electrons. The highest BCUT2D eigenvalue weighted by Crippen LogP contribution is 2.31. The third-order valence-electron chi connectivity index (χ3n) is 2.45. The average molecular weight is 316 g/mol. The molecule has 0 saturated heterocycles. The van der Waals surface area contributed by atoms with Crippen LogP contribution < -0.4 is 11.1 Å². The minimum absolute atomic E-state index is 0.638. The molecule has 3 N–H and O–H groups in total. The van der Waals surface area contributed by atoms with Crippen molar-refractivity contribution < 1.29 is 0 Å². The Labute approximate surface area is 113 Å². The van der Waals surface area contributed by atoms with E-state index in [1.807, 2.05) is 32.2 Å². The first-order chi connectivity index (χ1) is 7.99. The Balaban J connectivity index is 2.41. The monoisotopic (exact) mass is 314 g/mol. The lowest BCUT2D eigenvalue weighted by atomic mass is 10.3. The second-order valence-corrected chi connectivity index (χ2v) is 5.01. The van der Waals surface area contributed by atoms with Crippen molar-refractivity contribution >= 4 is 44.7 Å². The van der Waals surface area contributed by atoms with Crippen LogP contribution in [0.4, 0.5) is 17.2 Å². The highest BCUT2D eigenvalue weighted by atomic mass is 79.9. The van der Waals surface area contributed by atoms with Crippen LogP contribution in [0.1, 0.15) is 5.69 Å². The topological polar surface area (TPSA) is 55.9 Å². The standard InChI is InChI=1S/C11H12BrClN4/c1-6-10(14)11(17(2)16-6)15-9-5-7(13)3-4-8(9)12/h3-5,15H,14H2,1-2H3. The van der Waals surface area contributed by atoms with Gasteiger partial charge in [0.1, 0.15) is 0 Å². The minimum atomic E-state index is 0.638. The molecule has 0 unspecified atom stereocenters. The maximum atomic E-state index is 5.95. The fourth-order valence-electron chi connectivity index (χ4n) is 1.54. The first kappa shape index (κ1) is 12.3. The highest BCUT2D eigenvalue weighted by molar-refractivity contribution is 9.10. The molecule has 0 spiro atoms. The summed E-state index contributed by atoms with van der Waals surface area (Å²) in [6.45, 7) is 1.87. The van der Waals surface area contributed by atoms with Crippen LogP contribution in [0, 0.1) is 6.92 Å². The smallest absolute Gasteiger partial charge is 0.152 e. The van der Waals surface area contributed by atoms with E-state index in [9.17, 15) is 0 Å². The van der Waals surface area contributed by atoms with Crippen molar-refractivity contribution in [1.29, 1.82) is 0 Å². The summed E-state index contributed by atoms with van der Waals surface area (Å²) < 4.78 is 2.62. The van der Waals surface area contributed by atoms with Gasteiger partial charge in [-0.05, 0) is 41.1 Å². The van der Waals surface area contributed by atoms with Gasteiger partial charge in [0.2, 0.25) is 0 Å². The minimum Gasteiger partial charge on any atom is -0.394 e. The number of nitrogens with two attached hydrogens (primary N) is 1. The average Bonchev–Trinajstić information content (AvgIpc) is 2.50. The van der Waals surface area contributed by atoms with E-state index in [1.54, 1.807) is 4.68 Å². The Kier molecular flexibility index (Phi) is 3.31. The Morgan fingerprint density at radius 1 is 1.47 bits per heavy atom. The third kappa shape index (κ3) is 2.40. The molecule has 6 heteroatoms. The molecular formula is C11H12BrClN4. The number of nitrogens with zero attached hydrogens (tertiary/aromatic N) is 2. The van der Waals surface area contributed by atoms with Gasteiger partial charge >= 0.3 is 0 Å². The van der Waals surface area contributed by atoms with E-state index in [0.29, 0.717) is 10.7 Å². The van der Waals surface area contributed by atoms with Gasteiger partial charge in [0.15, 0.2) is 5.82 Å². The number of nitrogens with one attached hydrogen (secondary N) is 1. The zero-order valence-electron chi connectivity index (χ0n) is 9.46. The molecule has 0 amide bonds. The lowest BCUT2D eigenvalue weighted by Crippen LogP contribution is -2.01. The molecule has 2 aromatic rings. The van der Waals surface area contributed by atoms with Gasteiger partial charge in [-0.25, -0.2) is 0 Å². The summed E-state index contributed by atoms with van der Waals surface area (Å²) in [5.74, 6) is 0.755. The Hall–Kier alpha value is -1.20. The SMILES string of the molecule is Cc1nn(C)c(Nc2cc(Cl)ccc2Br)c1N. The third-order valence-corrected chi connectivity index (χ3v) is 3.38. The van der Waals surface area contributed by atoms with Gasteiger partial charge in [0.05, 0.1) is 17.1 Å². The summed E-state index contributed by atoms with van der Waals surface area (Å²) in [4.78, 5) is 0. The first-order valence-corrected chi connectivity index (χ1v) is 6.17. The summed E-state index contributed by atoms with van der Waals surface area (Å²) >= 11 is 9.41. The second-order valence-electron chi connectivity index (χ2n) is 3.72. The molecule has 0 bridgehead atoms. The van der Waals surface area contributed by atoms with E-state index in [4.69, 9.17) is 17.3 Å².